The van der Waals surface area contributed by atoms with E-state index in [1.807, 2.05) is 19.1 Å². The summed E-state index contributed by atoms with van der Waals surface area (Å²) in [6.07, 6.45) is 0.167. The molecule has 1 atom stereocenters. The molecule has 1 aliphatic heterocycles. The highest BCUT2D eigenvalue weighted by Gasteiger charge is 2.30. The minimum absolute atomic E-state index is 0.0206. The molecule has 0 spiro atoms. The van der Waals surface area contributed by atoms with Gasteiger partial charge in [-0.1, -0.05) is 19.1 Å². The second-order valence-corrected chi connectivity index (χ2v) is 9.24. The number of aryl methyl sites for hydroxylation is 2. The topological polar surface area (TPSA) is 105 Å². The van der Waals surface area contributed by atoms with Gasteiger partial charge in [-0.05, 0) is 49.6 Å². The van der Waals surface area contributed by atoms with Gasteiger partial charge < -0.3 is 15.4 Å². The summed E-state index contributed by atoms with van der Waals surface area (Å²) in [7, 11) is -2.61. The molecule has 0 aliphatic carbocycles. The predicted molar refractivity (Wildman–Crippen MR) is 114 cm³/mol. The number of fused-ring (bicyclic) bond motifs is 1. The zero-order valence-electron chi connectivity index (χ0n) is 17.4. The van der Waals surface area contributed by atoms with Crippen LogP contribution in [0.5, 0.6) is 5.75 Å². The lowest BCUT2D eigenvalue weighted by molar-refractivity contribution is -0.122. The molecular formula is C21H25N3O5S. The smallest absolute Gasteiger partial charge is 0.265 e. The number of anilines is 2. The fourth-order valence-corrected chi connectivity index (χ4v) is 4.45. The molecule has 1 aliphatic rings. The summed E-state index contributed by atoms with van der Waals surface area (Å²) in [6.45, 7) is 4.90. The van der Waals surface area contributed by atoms with Gasteiger partial charge in [0.2, 0.25) is 15.9 Å². The molecule has 2 aromatic rings. The molecule has 2 amide bonds. The maximum Gasteiger partial charge on any atom is 0.265 e. The van der Waals surface area contributed by atoms with Gasteiger partial charge in [0.25, 0.3) is 5.91 Å². The molecule has 8 nitrogen and oxygen atoms in total. The van der Waals surface area contributed by atoms with E-state index < -0.39 is 22.0 Å². The van der Waals surface area contributed by atoms with Crippen LogP contribution in [0.25, 0.3) is 0 Å². The van der Waals surface area contributed by atoms with E-state index in [9.17, 15) is 18.0 Å². The van der Waals surface area contributed by atoms with E-state index >= 15 is 0 Å². The summed E-state index contributed by atoms with van der Waals surface area (Å²) >= 11 is 0. The number of nitrogens with zero attached hydrogens (tertiary/aromatic N) is 1. The Morgan fingerprint density at radius 1 is 1.23 bits per heavy atom. The van der Waals surface area contributed by atoms with Crippen LogP contribution >= 0.6 is 0 Å². The molecule has 0 saturated carbocycles. The van der Waals surface area contributed by atoms with E-state index in [2.05, 4.69) is 10.6 Å². The summed E-state index contributed by atoms with van der Waals surface area (Å²) in [5, 5.41) is 5.40. The molecular weight excluding hydrogens is 406 g/mol. The highest BCUT2D eigenvalue weighted by atomic mass is 32.2. The molecule has 0 saturated heterocycles. The first kappa shape index (κ1) is 21.8. The Balaban J connectivity index is 1.76. The quantitative estimate of drug-likeness (QED) is 0.731. The average molecular weight is 432 g/mol. The number of ether oxygens (including phenoxy) is 1. The van der Waals surface area contributed by atoms with E-state index in [0.717, 1.165) is 16.3 Å². The maximum absolute atomic E-state index is 13.1. The van der Waals surface area contributed by atoms with Crippen LogP contribution < -0.4 is 15.4 Å². The normalized spacial score (nSPS) is 15.9. The monoisotopic (exact) mass is 431 g/mol. The third kappa shape index (κ3) is 4.47. The van der Waals surface area contributed by atoms with E-state index in [-0.39, 0.29) is 23.1 Å². The third-order valence-electron chi connectivity index (χ3n) is 4.91. The van der Waals surface area contributed by atoms with Crippen LogP contribution in [0.1, 0.15) is 25.0 Å². The number of carbonyl (C=O) groups excluding carboxylic acids is 2. The minimum Gasteiger partial charge on any atom is -0.479 e. The summed E-state index contributed by atoms with van der Waals surface area (Å²) in [5.41, 5.74) is 2.61. The Kier molecular flexibility index (Phi) is 6.14. The zero-order chi connectivity index (χ0) is 22.1. The van der Waals surface area contributed by atoms with E-state index in [4.69, 9.17) is 4.74 Å². The van der Waals surface area contributed by atoms with Gasteiger partial charge in [0.15, 0.2) is 6.10 Å². The highest BCUT2D eigenvalue weighted by molar-refractivity contribution is 7.89. The molecule has 0 bridgehead atoms. The lowest BCUT2D eigenvalue weighted by atomic mass is 10.1. The number of hydrogen-bond donors (Lipinski definition) is 2. The molecule has 0 radical (unpaired) electrons. The fourth-order valence-electron chi connectivity index (χ4n) is 3.10. The van der Waals surface area contributed by atoms with Crippen LogP contribution in [0.4, 0.5) is 11.4 Å². The zero-order valence-corrected chi connectivity index (χ0v) is 18.2. The Morgan fingerprint density at radius 3 is 2.53 bits per heavy atom. The molecule has 160 valence electrons. The minimum atomic E-state index is -3.95. The Morgan fingerprint density at radius 2 is 1.90 bits per heavy atom. The van der Waals surface area contributed by atoms with Crippen LogP contribution in [0.3, 0.4) is 0 Å². The van der Waals surface area contributed by atoms with Crippen molar-refractivity contribution in [3.8, 4) is 5.75 Å². The maximum atomic E-state index is 13.1. The SMILES string of the molecule is CCc1ccc(NC(=O)CN(C)S(=O)(=O)c2cc3c(cc2C)NC(=O)C(C)O3)cc1. The van der Waals surface area contributed by atoms with E-state index in [0.29, 0.717) is 16.9 Å². The number of rotatable bonds is 6. The molecule has 1 unspecified atom stereocenters. The second kappa shape index (κ2) is 8.45. The molecule has 0 fully saturated rings. The largest absolute Gasteiger partial charge is 0.479 e. The first-order valence-electron chi connectivity index (χ1n) is 9.59. The Hall–Kier alpha value is -2.91. The fraction of sp³-hybridized carbons (Fsp3) is 0.333. The average Bonchev–Trinajstić information content (AvgIpc) is 2.69. The van der Waals surface area contributed by atoms with E-state index in [1.165, 1.54) is 13.1 Å². The summed E-state index contributed by atoms with van der Waals surface area (Å²) < 4.78 is 32.6. The second-order valence-electron chi connectivity index (χ2n) is 7.22. The van der Waals surface area contributed by atoms with Gasteiger partial charge in [0.1, 0.15) is 5.75 Å². The lowest BCUT2D eigenvalue weighted by Crippen LogP contribution is -2.36. The van der Waals surface area contributed by atoms with Crippen LogP contribution in [0, 0.1) is 6.92 Å². The van der Waals surface area contributed by atoms with Crippen molar-refractivity contribution in [2.45, 2.75) is 38.2 Å². The summed E-state index contributed by atoms with van der Waals surface area (Å²) in [5.74, 6) is -0.462. The standard InChI is InChI=1S/C21H25N3O5S/c1-5-15-6-8-16(9-7-15)22-20(25)12-24(4)30(27,28)19-11-18-17(10-13(19)2)23-21(26)14(3)29-18/h6-11,14H,5,12H2,1-4H3,(H,22,25)(H,23,26). The number of likely N-dealkylation sites (N-methyl/N-ethyl adjacent to an activating group) is 1. The molecule has 2 N–H and O–H groups in total. The van der Waals surface area contributed by atoms with Crippen LogP contribution in [0.2, 0.25) is 0 Å². The highest BCUT2D eigenvalue weighted by Crippen LogP contribution is 2.35. The van der Waals surface area contributed by atoms with Gasteiger partial charge in [-0.3, -0.25) is 9.59 Å². The number of nitrogens with one attached hydrogen (secondary N) is 2. The van der Waals surface area contributed by atoms with Crippen molar-refractivity contribution in [1.82, 2.24) is 4.31 Å². The Bertz CT molecular complexity index is 1080. The Labute approximate surface area is 176 Å². The first-order valence-corrected chi connectivity index (χ1v) is 11.0. The van der Waals surface area contributed by atoms with Gasteiger partial charge in [-0.25, -0.2) is 8.42 Å². The molecule has 1 heterocycles. The lowest BCUT2D eigenvalue weighted by Gasteiger charge is -2.25. The molecule has 0 aromatic heterocycles. The van der Waals surface area contributed by atoms with Crippen molar-refractivity contribution in [1.29, 1.82) is 0 Å². The van der Waals surface area contributed by atoms with Gasteiger partial charge in [0, 0.05) is 18.8 Å². The van der Waals surface area contributed by atoms with Crippen LogP contribution in [0.15, 0.2) is 41.3 Å². The van der Waals surface area contributed by atoms with Gasteiger partial charge >= 0.3 is 0 Å². The van der Waals surface area contributed by atoms with Crippen molar-refractivity contribution in [2.75, 3.05) is 24.2 Å². The number of sulfonamides is 1. The van der Waals surface area contributed by atoms with Gasteiger partial charge in [0.05, 0.1) is 17.1 Å². The number of carbonyl (C=O) groups is 2. The molecule has 2 aromatic carbocycles. The predicted octanol–water partition coefficient (Wildman–Crippen LogP) is 2.54. The van der Waals surface area contributed by atoms with Crippen LogP contribution in [-0.2, 0) is 26.0 Å². The van der Waals surface area contributed by atoms with Gasteiger partial charge in [-0.2, -0.15) is 4.31 Å². The van der Waals surface area contributed by atoms with Crippen molar-refractivity contribution >= 4 is 33.2 Å². The first-order chi connectivity index (χ1) is 14.1. The number of amides is 2. The van der Waals surface area contributed by atoms with Crippen molar-refractivity contribution in [2.24, 2.45) is 0 Å². The molecule has 3 rings (SSSR count). The van der Waals surface area contributed by atoms with Crippen molar-refractivity contribution < 1.29 is 22.7 Å². The molecule has 30 heavy (non-hydrogen) atoms. The van der Waals surface area contributed by atoms with Crippen LogP contribution in [-0.4, -0.2) is 44.2 Å². The van der Waals surface area contributed by atoms with Crippen molar-refractivity contribution in [3.63, 3.8) is 0 Å². The third-order valence-corrected chi connectivity index (χ3v) is 6.85. The van der Waals surface area contributed by atoms with E-state index in [1.54, 1.807) is 32.0 Å². The summed E-state index contributed by atoms with van der Waals surface area (Å²) in [4.78, 5) is 24.1. The summed E-state index contributed by atoms with van der Waals surface area (Å²) in [6, 6.07) is 10.3. The van der Waals surface area contributed by atoms with Gasteiger partial charge in [-0.15, -0.1) is 0 Å². The number of benzene rings is 2. The number of hydrogen-bond acceptors (Lipinski definition) is 5. The van der Waals surface area contributed by atoms with Crippen molar-refractivity contribution in [3.05, 3.63) is 47.5 Å². The molecule has 9 heteroatoms.